The standard InChI is InChI=1S/C16H8Cl2F6N4O4S/c1-6(29)32-5-11(30)26-14-13(33(31)16(22,23)24)10(4-25)27-28(14)12-8(17)2-7(3-9(12)18)15(19,20)21/h2-3H,5H2,1H3,(H,26,30). The predicted octanol–water partition coefficient (Wildman–Crippen LogP) is 4.20. The lowest BCUT2D eigenvalue weighted by molar-refractivity contribution is -0.145. The number of nitriles is 1. The van der Waals surface area contributed by atoms with Crippen LogP contribution in [0.2, 0.25) is 10.0 Å². The van der Waals surface area contributed by atoms with Crippen LogP contribution in [0.15, 0.2) is 17.0 Å². The van der Waals surface area contributed by atoms with Crippen LogP contribution in [0.5, 0.6) is 0 Å². The average molecular weight is 537 g/mol. The summed E-state index contributed by atoms with van der Waals surface area (Å²) in [7, 11) is -3.93. The van der Waals surface area contributed by atoms with Crippen LogP contribution in [0.25, 0.3) is 5.69 Å². The molecular weight excluding hydrogens is 529 g/mol. The Labute approximate surface area is 192 Å². The van der Waals surface area contributed by atoms with E-state index in [1.165, 1.54) is 6.07 Å². The molecular formula is C16H8Cl2F6N4O4S. The average Bonchev–Trinajstić information content (AvgIpc) is 3.01. The van der Waals surface area contributed by atoms with Crippen LogP contribution in [0.4, 0.5) is 32.2 Å². The smallest absolute Gasteiger partial charge is 0.456 e. The number of halogens is 8. The van der Waals surface area contributed by atoms with E-state index in [0.717, 1.165) is 6.92 Å². The van der Waals surface area contributed by atoms with E-state index in [1.54, 1.807) is 0 Å². The summed E-state index contributed by atoms with van der Waals surface area (Å²) in [5, 5.41) is 13.0. The molecule has 0 fully saturated rings. The number of benzene rings is 1. The number of anilines is 1. The number of hydrogen-bond acceptors (Lipinski definition) is 6. The summed E-state index contributed by atoms with van der Waals surface area (Å²) in [6, 6.07) is 2.00. The van der Waals surface area contributed by atoms with E-state index in [-0.39, 0.29) is 0 Å². The first-order chi connectivity index (χ1) is 15.1. The number of hydrogen-bond donors (Lipinski definition) is 1. The summed E-state index contributed by atoms with van der Waals surface area (Å²) >= 11 is 11.7. The quantitative estimate of drug-likeness (QED) is 0.452. The molecule has 0 bridgehead atoms. The highest BCUT2D eigenvalue weighted by Gasteiger charge is 2.43. The van der Waals surface area contributed by atoms with Crippen molar-refractivity contribution in [1.29, 1.82) is 5.26 Å². The summed E-state index contributed by atoms with van der Waals surface area (Å²) in [5.41, 5.74) is -8.49. The molecule has 0 spiro atoms. The SMILES string of the molecule is CC(=O)OCC(=O)Nc1c(S(=O)C(F)(F)F)c(C#N)nn1-c1c(Cl)cc(C(F)(F)F)cc1Cl. The molecule has 0 aliphatic carbocycles. The fourth-order valence-corrected chi connectivity index (χ4v) is 3.76. The Balaban J connectivity index is 2.79. The van der Waals surface area contributed by atoms with Crippen molar-refractivity contribution >= 4 is 51.7 Å². The molecule has 17 heteroatoms. The minimum absolute atomic E-state index is 0.327. The normalized spacial score (nSPS) is 12.7. The van der Waals surface area contributed by atoms with Crippen LogP contribution in [0.3, 0.4) is 0 Å². The maximum atomic E-state index is 13.2. The number of nitrogens with one attached hydrogen (secondary N) is 1. The minimum Gasteiger partial charge on any atom is -0.456 e. The van der Waals surface area contributed by atoms with E-state index in [2.05, 4.69) is 9.84 Å². The van der Waals surface area contributed by atoms with Gasteiger partial charge < -0.3 is 10.1 Å². The first-order valence-corrected chi connectivity index (χ1v) is 10.00. The van der Waals surface area contributed by atoms with Crippen LogP contribution in [0, 0.1) is 11.3 Å². The van der Waals surface area contributed by atoms with Crippen molar-refractivity contribution in [2.45, 2.75) is 23.5 Å². The molecule has 1 amide bonds. The van der Waals surface area contributed by atoms with Gasteiger partial charge in [-0.1, -0.05) is 23.2 Å². The van der Waals surface area contributed by atoms with E-state index in [1.807, 2.05) is 5.32 Å². The van der Waals surface area contributed by atoms with E-state index in [9.17, 15) is 45.4 Å². The lowest BCUT2D eigenvalue weighted by Gasteiger charge is -2.15. The molecule has 1 N–H and O–H groups in total. The van der Waals surface area contributed by atoms with Crippen molar-refractivity contribution in [3.63, 3.8) is 0 Å². The van der Waals surface area contributed by atoms with Crippen LogP contribution in [0.1, 0.15) is 18.2 Å². The Morgan fingerprint density at radius 3 is 2.18 bits per heavy atom. The molecule has 1 aromatic carbocycles. The first kappa shape index (κ1) is 26.4. The topological polar surface area (TPSA) is 114 Å². The molecule has 1 atom stereocenters. The highest BCUT2D eigenvalue weighted by molar-refractivity contribution is 7.86. The molecule has 8 nitrogen and oxygen atoms in total. The number of ether oxygens (including phenoxy) is 1. The fourth-order valence-electron chi connectivity index (χ4n) is 2.31. The number of carbonyl (C=O) groups excluding carboxylic acids is 2. The van der Waals surface area contributed by atoms with Gasteiger partial charge in [-0.05, 0) is 12.1 Å². The molecule has 0 radical (unpaired) electrons. The molecule has 1 heterocycles. The molecule has 33 heavy (non-hydrogen) atoms. The van der Waals surface area contributed by atoms with Gasteiger partial charge in [-0.15, -0.1) is 0 Å². The van der Waals surface area contributed by atoms with E-state index >= 15 is 0 Å². The molecule has 1 unspecified atom stereocenters. The number of amides is 1. The van der Waals surface area contributed by atoms with Crippen LogP contribution < -0.4 is 5.32 Å². The molecule has 0 aliphatic rings. The number of carbonyl (C=O) groups is 2. The van der Waals surface area contributed by atoms with Gasteiger partial charge in [-0.25, -0.2) is 8.89 Å². The predicted molar refractivity (Wildman–Crippen MR) is 101 cm³/mol. The third-order valence-electron chi connectivity index (χ3n) is 3.56. The summed E-state index contributed by atoms with van der Waals surface area (Å²) < 4.78 is 95.3. The zero-order valence-electron chi connectivity index (χ0n) is 15.8. The second-order valence-electron chi connectivity index (χ2n) is 5.88. The molecule has 2 rings (SSSR count). The van der Waals surface area contributed by atoms with Gasteiger partial charge in [0.1, 0.15) is 16.7 Å². The maximum Gasteiger partial charge on any atom is 0.476 e. The van der Waals surface area contributed by atoms with Gasteiger partial charge in [0.15, 0.2) is 28.9 Å². The monoisotopic (exact) mass is 536 g/mol. The van der Waals surface area contributed by atoms with Crippen molar-refractivity contribution < 1.29 is 44.9 Å². The first-order valence-electron chi connectivity index (χ1n) is 8.09. The minimum atomic E-state index is -5.43. The van der Waals surface area contributed by atoms with Gasteiger partial charge in [0.05, 0.1) is 15.6 Å². The Morgan fingerprint density at radius 1 is 1.21 bits per heavy atom. The number of esters is 1. The Bertz CT molecular complexity index is 1170. The van der Waals surface area contributed by atoms with Gasteiger partial charge in [0, 0.05) is 6.92 Å². The van der Waals surface area contributed by atoms with Crippen molar-refractivity contribution in [2.75, 3.05) is 11.9 Å². The molecule has 0 saturated heterocycles. The van der Waals surface area contributed by atoms with Crippen molar-refractivity contribution in [2.24, 2.45) is 0 Å². The lowest BCUT2D eigenvalue weighted by atomic mass is 10.2. The van der Waals surface area contributed by atoms with Gasteiger partial charge in [0.25, 0.3) is 5.91 Å². The largest absolute Gasteiger partial charge is 0.476 e. The molecule has 2 aromatic rings. The number of aromatic nitrogens is 2. The summed E-state index contributed by atoms with van der Waals surface area (Å²) in [5.74, 6) is -3.22. The third-order valence-corrected chi connectivity index (χ3v) is 5.32. The Hall–Kier alpha value is -2.83. The second kappa shape index (κ2) is 9.57. The summed E-state index contributed by atoms with van der Waals surface area (Å²) in [4.78, 5) is 21.6. The second-order valence-corrected chi connectivity index (χ2v) is 8.10. The molecule has 178 valence electrons. The summed E-state index contributed by atoms with van der Waals surface area (Å²) in [6.07, 6.45) is -4.89. The number of rotatable bonds is 5. The van der Waals surface area contributed by atoms with Crippen LogP contribution in [-0.2, 0) is 31.3 Å². The number of nitrogens with zero attached hydrogens (tertiary/aromatic N) is 3. The van der Waals surface area contributed by atoms with Gasteiger partial charge in [-0.3, -0.25) is 9.59 Å². The number of alkyl halides is 6. The van der Waals surface area contributed by atoms with Gasteiger partial charge >= 0.3 is 17.7 Å². The summed E-state index contributed by atoms with van der Waals surface area (Å²) in [6.45, 7) is -0.0772. The van der Waals surface area contributed by atoms with E-state index < -0.39 is 78.7 Å². The van der Waals surface area contributed by atoms with Crippen molar-refractivity contribution in [3.8, 4) is 11.8 Å². The lowest BCUT2D eigenvalue weighted by Crippen LogP contribution is -2.24. The van der Waals surface area contributed by atoms with Crippen LogP contribution >= 0.6 is 23.2 Å². The fraction of sp³-hybridized carbons (Fsp3) is 0.250. The third kappa shape index (κ3) is 5.95. The highest BCUT2D eigenvalue weighted by Crippen LogP contribution is 2.41. The van der Waals surface area contributed by atoms with E-state index in [4.69, 9.17) is 23.2 Å². The maximum absolute atomic E-state index is 13.2. The van der Waals surface area contributed by atoms with Crippen LogP contribution in [-0.4, -0.2) is 38.0 Å². The van der Waals surface area contributed by atoms with Crippen molar-refractivity contribution in [1.82, 2.24) is 9.78 Å². The molecule has 0 aliphatic heterocycles. The van der Waals surface area contributed by atoms with E-state index in [0.29, 0.717) is 16.8 Å². The molecule has 0 saturated carbocycles. The Kier molecular flexibility index (Phi) is 7.67. The highest BCUT2D eigenvalue weighted by atomic mass is 35.5. The zero-order chi connectivity index (χ0) is 25.3. The van der Waals surface area contributed by atoms with Gasteiger partial charge in [0.2, 0.25) is 0 Å². The van der Waals surface area contributed by atoms with Crippen molar-refractivity contribution in [3.05, 3.63) is 33.4 Å². The zero-order valence-corrected chi connectivity index (χ0v) is 18.1. The Morgan fingerprint density at radius 2 is 1.76 bits per heavy atom. The molecule has 1 aromatic heterocycles. The van der Waals surface area contributed by atoms with Gasteiger partial charge in [-0.2, -0.15) is 36.7 Å².